The van der Waals surface area contributed by atoms with Gasteiger partial charge in [0, 0.05) is 24.1 Å². The van der Waals surface area contributed by atoms with Crippen molar-refractivity contribution in [2.24, 2.45) is 0 Å². The van der Waals surface area contributed by atoms with Crippen LogP contribution in [0.15, 0.2) is 41.0 Å². The molecule has 0 saturated carbocycles. The van der Waals surface area contributed by atoms with Crippen LogP contribution in [0.2, 0.25) is 5.02 Å². The summed E-state index contributed by atoms with van der Waals surface area (Å²) in [4.78, 5) is 2.47. The second-order valence-electron chi connectivity index (χ2n) is 5.38. The topological polar surface area (TPSA) is 16.4 Å². The van der Waals surface area contributed by atoms with Gasteiger partial charge >= 0.3 is 0 Å². The van der Waals surface area contributed by atoms with E-state index in [4.69, 9.17) is 16.0 Å². The molecule has 1 aliphatic heterocycles. The van der Waals surface area contributed by atoms with Gasteiger partial charge in [0.15, 0.2) is 0 Å². The Balaban J connectivity index is 1.88. The summed E-state index contributed by atoms with van der Waals surface area (Å²) in [6.07, 6.45) is 6.56. The first-order chi connectivity index (χ1) is 9.78. The number of anilines is 1. The molecule has 0 radical (unpaired) electrons. The van der Waals surface area contributed by atoms with Crippen molar-refractivity contribution in [1.82, 2.24) is 0 Å². The molecule has 1 saturated heterocycles. The van der Waals surface area contributed by atoms with Crippen LogP contribution in [0.3, 0.4) is 0 Å². The summed E-state index contributed by atoms with van der Waals surface area (Å²) >= 11 is 6.00. The third-order valence-corrected chi connectivity index (χ3v) is 4.33. The molecule has 0 spiro atoms. The van der Waals surface area contributed by atoms with Gasteiger partial charge in [0.05, 0.1) is 11.7 Å². The highest BCUT2D eigenvalue weighted by Gasteiger charge is 2.25. The van der Waals surface area contributed by atoms with E-state index in [1.807, 2.05) is 18.4 Å². The number of piperidine rings is 1. The first-order valence-electron chi connectivity index (χ1n) is 7.37. The zero-order valence-corrected chi connectivity index (χ0v) is 12.6. The minimum Gasteiger partial charge on any atom is -0.467 e. The van der Waals surface area contributed by atoms with Crippen LogP contribution in [-0.4, -0.2) is 6.54 Å². The standard InChI is InChI=1S/C17H20ClNO/c1-2-16-11-15(12-20-16)19-10-4-3-5-17(19)13-6-8-14(18)9-7-13/h6-9,11-12,17H,2-5,10H2,1H3. The Labute approximate surface area is 125 Å². The molecule has 1 aliphatic rings. The van der Waals surface area contributed by atoms with Gasteiger partial charge in [-0.15, -0.1) is 0 Å². The number of hydrogen-bond acceptors (Lipinski definition) is 2. The first kappa shape index (κ1) is 13.6. The molecule has 20 heavy (non-hydrogen) atoms. The molecule has 1 fully saturated rings. The molecule has 3 rings (SSSR count). The van der Waals surface area contributed by atoms with Crippen LogP contribution in [0.1, 0.15) is 43.6 Å². The summed E-state index contributed by atoms with van der Waals surface area (Å²) in [7, 11) is 0. The molecule has 2 aromatic rings. The highest BCUT2D eigenvalue weighted by Crippen LogP contribution is 2.36. The zero-order valence-electron chi connectivity index (χ0n) is 11.8. The summed E-state index contributed by atoms with van der Waals surface area (Å²) in [5.74, 6) is 1.06. The molecule has 0 amide bonds. The molecule has 0 N–H and O–H groups in total. The van der Waals surface area contributed by atoms with E-state index in [0.29, 0.717) is 6.04 Å². The van der Waals surface area contributed by atoms with Crippen LogP contribution < -0.4 is 4.90 Å². The third kappa shape index (κ3) is 2.71. The maximum Gasteiger partial charge on any atom is 0.114 e. The SMILES string of the molecule is CCc1cc(N2CCCCC2c2ccc(Cl)cc2)co1. The fourth-order valence-electron chi connectivity index (χ4n) is 2.98. The van der Waals surface area contributed by atoms with Gasteiger partial charge in [-0.05, 0) is 37.0 Å². The monoisotopic (exact) mass is 289 g/mol. The average molecular weight is 290 g/mol. The Kier molecular flexibility index (Phi) is 4.02. The number of halogens is 1. The Morgan fingerprint density at radius 1 is 1.25 bits per heavy atom. The van der Waals surface area contributed by atoms with E-state index >= 15 is 0 Å². The quantitative estimate of drug-likeness (QED) is 0.769. The largest absolute Gasteiger partial charge is 0.467 e. The number of hydrogen-bond donors (Lipinski definition) is 0. The molecule has 1 atom stereocenters. The van der Waals surface area contributed by atoms with Crippen LogP contribution in [-0.2, 0) is 6.42 Å². The molecule has 0 aliphatic carbocycles. The Hall–Kier alpha value is -1.41. The average Bonchev–Trinajstić information content (AvgIpc) is 2.97. The number of furan rings is 1. The van der Waals surface area contributed by atoms with Crippen molar-refractivity contribution in [1.29, 1.82) is 0 Å². The van der Waals surface area contributed by atoms with Crippen molar-refractivity contribution in [3.8, 4) is 0 Å². The maximum atomic E-state index is 6.00. The van der Waals surface area contributed by atoms with Crippen molar-refractivity contribution in [3.05, 3.63) is 52.9 Å². The zero-order chi connectivity index (χ0) is 13.9. The van der Waals surface area contributed by atoms with Crippen LogP contribution in [0.5, 0.6) is 0 Å². The number of aryl methyl sites for hydroxylation is 1. The molecule has 106 valence electrons. The highest BCUT2D eigenvalue weighted by molar-refractivity contribution is 6.30. The van der Waals surface area contributed by atoms with Crippen molar-refractivity contribution in [2.75, 3.05) is 11.4 Å². The van der Waals surface area contributed by atoms with Gasteiger partial charge in [0.2, 0.25) is 0 Å². The lowest BCUT2D eigenvalue weighted by molar-refractivity contribution is 0.468. The van der Waals surface area contributed by atoms with Crippen LogP contribution in [0.25, 0.3) is 0 Å². The van der Waals surface area contributed by atoms with Crippen molar-refractivity contribution in [3.63, 3.8) is 0 Å². The summed E-state index contributed by atoms with van der Waals surface area (Å²) in [5, 5.41) is 0.799. The van der Waals surface area contributed by atoms with Gasteiger partial charge in [-0.2, -0.15) is 0 Å². The summed E-state index contributed by atoms with van der Waals surface area (Å²) in [5.41, 5.74) is 2.55. The lowest BCUT2D eigenvalue weighted by atomic mass is 9.95. The maximum absolute atomic E-state index is 6.00. The second-order valence-corrected chi connectivity index (χ2v) is 5.82. The molecule has 3 heteroatoms. The number of benzene rings is 1. The molecule has 2 nitrogen and oxygen atoms in total. The third-order valence-electron chi connectivity index (χ3n) is 4.08. The Bertz CT molecular complexity index is 561. The molecule has 0 bridgehead atoms. The highest BCUT2D eigenvalue weighted by atomic mass is 35.5. The van der Waals surface area contributed by atoms with E-state index in [9.17, 15) is 0 Å². The van der Waals surface area contributed by atoms with Crippen LogP contribution >= 0.6 is 11.6 Å². The van der Waals surface area contributed by atoms with Gasteiger partial charge in [0.1, 0.15) is 12.0 Å². The molecule has 1 aromatic heterocycles. The minimum atomic E-state index is 0.434. The number of nitrogens with zero attached hydrogens (tertiary/aromatic N) is 1. The molecular formula is C17H20ClNO. The van der Waals surface area contributed by atoms with Crippen LogP contribution in [0.4, 0.5) is 5.69 Å². The predicted octanol–water partition coefficient (Wildman–Crippen LogP) is 5.23. The van der Waals surface area contributed by atoms with Gasteiger partial charge in [0.25, 0.3) is 0 Å². The summed E-state index contributed by atoms with van der Waals surface area (Å²) < 4.78 is 5.61. The van der Waals surface area contributed by atoms with Crippen molar-refractivity contribution < 1.29 is 4.42 Å². The Morgan fingerprint density at radius 2 is 2.05 bits per heavy atom. The van der Waals surface area contributed by atoms with E-state index in [-0.39, 0.29) is 0 Å². The van der Waals surface area contributed by atoms with Gasteiger partial charge < -0.3 is 9.32 Å². The van der Waals surface area contributed by atoms with E-state index in [2.05, 4.69) is 30.0 Å². The van der Waals surface area contributed by atoms with E-state index in [1.54, 1.807) is 0 Å². The summed E-state index contributed by atoms with van der Waals surface area (Å²) in [6, 6.07) is 10.9. The fourth-order valence-corrected chi connectivity index (χ4v) is 3.10. The Morgan fingerprint density at radius 3 is 2.75 bits per heavy atom. The molecular weight excluding hydrogens is 270 g/mol. The smallest absolute Gasteiger partial charge is 0.114 e. The van der Waals surface area contributed by atoms with Crippen molar-refractivity contribution in [2.45, 2.75) is 38.6 Å². The lowest BCUT2D eigenvalue weighted by Gasteiger charge is -2.37. The van der Waals surface area contributed by atoms with Crippen LogP contribution in [0, 0.1) is 0 Å². The summed E-state index contributed by atoms with van der Waals surface area (Å²) in [6.45, 7) is 3.21. The van der Waals surface area contributed by atoms with Gasteiger partial charge in [-0.1, -0.05) is 30.7 Å². The fraction of sp³-hybridized carbons (Fsp3) is 0.412. The number of rotatable bonds is 3. The van der Waals surface area contributed by atoms with E-state index in [1.165, 1.54) is 30.5 Å². The minimum absolute atomic E-state index is 0.434. The normalized spacial score (nSPS) is 19.3. The predicted molar refractivity (Wildman–Crippen MR) is 83.5 cm³/mol. The van der Waals surface area contributed by atoms with Gasteiger partial charge in [-0.3, -0.25) is 0 Å². The molecule has 1 aromatic carbocycles. The molecule has 2 heterocycles. The van der Waals surface area contributed by atoms with Gasteiger partial charge in [-0.25, -0.2) is 0 Å². The lowest BCUT2D eigenvalue weighted by Crippen LogP contribution is -2.33. The molecule has 1 unspecified atom stereocenters. The van der Waals surface area contributed by atoms with Crippen molar-refractivity contribution >= 4 is 17.3 Å². The first-order valence-corrected chi connectivity index (χ1v) is 7.75. The second kappa shape index (κ2) is 5.92. The van der Waals surface area contributed by atoms with E-state index < -0.39 is 0 Å². The van der Waals surface area contributed by atoms with E-state index in [0.717, 1.165) is 23.7 Å².